The molecule has 0 amide bonds. The van der Waals surface area contributed by atoms with Crippen molar-refractivity contribution < 1.29 is 22.5 Å². The highest BCUT2D eigenvalue weighted by Crippen LogP contribution is 2.20. The summed E-state index contributed by atoms with van der Waals surface area (Å²) < 4.78 is 23.3. The van der Waals surface area contributed by atoms with Crippen molar-refractivity contribution in [3.05, 3.63) is 12.7 Å². The summed E-state index contributed by atoms with van der Waals surface area (Å²) in [6, 6.07) is 0. The summed E-state index contributed by atoms with van der Waals surface area (Å²) in [5, 5.41) is 0. The number of carbonyl (C=O) groups is 1. The van der Waals surface area contributed by atoms with Gasteiger partial charge in [0.05, 0.1) is 6.10 Å². The quantitative estimate of drug-likeness (QED) is 0.250. The second-order valence-electron chi connectivity index (χ2n) is 5.47. The minimum atomic E-state index is -3.50. The summed E-state index contributed by atoms with van der Waals surface area (Å²) in [5.74, 6) is -0.559. The molecule has 0 aliphatic heterocycles. The molecule has 0 fully saturated rings. The van der Waals surface area contributed by atoms with E-state index in [-0.39, 0.29) is 6.10 Å². The largest absolute Gasteiger partial charge is 0.752 e. The molecule has 0 heterocycles. The highest BCUT2D eigenvalue weighted by Gasteiger charge is 2.51. The fraction of sp³-hybridized carbons (Fsp3) is 0.824. The fourth-order valence-corrected chi connectivity index (χ4v) is 4.11. The number of rotatable bonds is 15. The van der Waals surface area contributed by atoms with Gasteiger partial charge in [-0.15, -0.1) is 0 Å². The Hall–Kier alpha value is -0.693. The molecule has 0 rings (SSSR count). The number of carbonyl (C=O) groups excluding carboxylic acids is 1. The summed E-state index contributed by atoms with van der Waals surface area (Å²) in [4.78, 5) is 11.8. The first-order chi connectivity index (χ1) is 11.1. The molecule has 23 heavy (non-hydrogen) atoms. The van der Waals surface area contributed by atoms with E-state index in [9.17, 15) is 4.79 Å². The third kappa shape index (κ3) is 9.91. The van der Waals surface area contributed by atoms with E-state index in [1.165, 1.54) is 0 Å². The van der Waals surface area contributed by atoms with E-state index >= 15 is 0 Å². The van der Waals surface area contributed by atoms with Gasteiger partial charge in [-0.3, -0.25) is 0 Å². The lowest BCUT2D eigenvalue weighted by Gasteiger charge is -2.30. The Kier molecular flexibility index (Phi) is 13.3. The second kappa shape index (κ2) is 13.7. The van der Waals surface area contributed by atoms with E-state index in [1.54, 1.807) is 0 Å². The van der Waals surface area contributed by atoms with Gasteiger partial charge in [0.2, 0.25) is 0 Å². The van der Waals surface area contributed by atoms with Crippen molar-refractivity contribution in [2.75, 3.05) is 13.2 Å². The summed E-state index contributed by atoms with van der Waals surface area (Å²) in [6.07, 6.45) is 7.49. The van der Waals surface area contributed by atoms with Gasteiger partial charge in [-0.1, -0.05) is 53.5 Å². The summed E-state index contributed by atoms with van der Waals surface area (Å²) in [6.45, 7) is 12.7. The molecule has 0 radical (unpaired) electrons. The highest BCUT2D eigenvalue weighted by molar-refractivity contribution is 6.55. The minimum absolute atomic E-state index is 0.0347. The Morgan fingerprint density at radius 1 is 1.04 bits per heavy atom. The predicted molar refractivity (Wildman–Crippen MR) is 93.8 cm³/mol. The summed E-state index contributed by atoms with van der Waals surface area (Å²) in [5.41, 5.74) is 0. The molecule has 0 saturated heterocycles. The van der Waals surface area contributed by atoms with Crippen LogP contribution < -0.4 is 0 Å². The van der Waals surface area contributed by atoms with Gasteiger partial charge >= 0.3 is 15.0 Å². The first-order valence-corrected chi connectivity index (χ1v) is 10.5. The van der Waals surface area contributed by atoms with Gasteiger partial charge in [0, 0.05) is 19.3 Å². The third-order valence-electron chi connectivity index (χ3n) is 3.32. The molecule has 0 N–H and O–H groups in total. The zero-order chi connectivity index (χ0) is 17.6. The maximum Gasteiger partial charge on any atom is 0.752 e. The average Bonchev–Trinajstić information content (AvgIpc) is 2.54. The molecule has 1 atom stereocenters. The van der Waals surface area contributed by atoms with Crippen LogP contribution in [0.15, 0.2) is 12.7 Å². The molecule has 0 aromatic heterocycles. The van der Waals surface area contributed by atoms with Crippen molar-refractivity contribution in [1.29, 1.82) is 0 Å². The normalized spacial score (nSPS) is 12.9. The van der Waals surface area contributed by atoms with Crippen LogP contribution in [0.3, 0.4) is 0 Å². The van der Waals surface area contributed by atoms with Crippen molar-refractivity contribution in [3.63, 3.8) is 0 Å². The summed E-state index contributed by atoms with van der Waals surface area (Å²) in [7, 11) is -3.50. The lowest BCUT2D eigenvalue weighted by molar-refractivity contribution is -0.141. The van der Waals surface area contributed by atoms with Gasteiger partial charge < -0.3 is 17.7 Å². The van der Waals surface area contributed by atoms with Crippen LogP contribution in [0, 0.1) is 0 Å². The van der Waals surface area contributed by atoms with Crippen molar-refractivity contribution in [1.82, 2.24) is 0 Å². The average molecular weight is 347 g/mol. The van der Waals surface area contributed by atoms with E-state index in [2.05, 4.69) is 27.4 Å². The van der Waals surface area contributed by atoms with Gasteiger partial charge in [0.15, 0.2) is 0 Å². The van der Waals surface area contributed by atoms with Gasteiger partial charge in [-0.05, 0) is 25.7 Å². The Morgan fingerprint density at radius 2 is 1.61 bits per heavy atom. The van der Waals surface area contributed by atoms with E-state index in [1.807, 2.05) is 6.92 Å². The van der Waals surface area contributed by atoms with Crippen molar-refractivity contribution in [2.45, 2.75) is 78.7 Å². The van der Waals surface area contributed by atoms with Crippen LogP contribution in [-0.4, -0.2) is 34.3 Å². The molecule has 0 spiro atoms. The van der Waals surface area contributed by atoms with Crippen LogP contribution >= 0.6 is 0 Å². The van der Waals surface area contributed by atoms with E-state index < -0.39 is 15.0 Å². The van der Waals surface area contributed by atoms with Gasteiger partial charge in [0.1, 0.15) is 0 Å². The molecule has 0 aromatic rings. The Morgan fingerprint density at radius 3 is 2.00 bits per heavy atom. The Bertz CT molecular complexity index is 312. The predicted octanol–water partition coefficient (Wildman–Crippen LogP) is 4.38. The molecule has 1 unspecified atom stereocenters. The molecular weight excluding hydrogens is 312 g/mol. The van der Waals surface area contributed by atoms with Crippen molar-refractivity contribution in [2.24, 2.45) is 0 Å². The van der Waals surface area contributed by atoms with Crippen molar-refractivity contribution >= 4 is 15.0 Å². The molecule has 0 aliphatic carbocycles. The van der Waals surface area contributed by atoms with E-state index in [0.717, 1.165) is 51.0 Å². The first-order valence-electron chi connectivity index (χ1n) is 8.88. The minimum Gasteiger partial charge on any atom is -0.449 e. The number of hydrogen-bond donors (Lipinski definition) is 0. The molecule has 0 bridgehead atoms. The Balaban J connectivity index is 5.13. The molecule has 0 aliphatic rings. The smallest absolute Gasteiger partial charge is 0.449 e. The molecule has 6 heteroatoms. The number of unbranched alkanes of at least 4 members (excludes halogenated alkanes) is 2. The molecule has 5 nitrogen and oxygen atoms in total. The fourth-order valence-electron chi connectivity index (χ4n) is 1.91. The summed E-state index contributed by atoms with van der Waals surface area (Å²) >= 11 is 0. The monoisotopic (exact) mass is 346 g/mol. The SMILES string of the molecule is C=CC(=O)O[Si](OCCCC)(OCCCC)OC(CC)CCC. The van der Waals surface area contributed by atoms with Gasteiger partial charge in [0.25, 0.3) is 0 Å². The Labute approximate surface area is 142 Å². The van der Waals surface area contributed by atoms with E-state index in [4.69, 9.17) is 17.7 Å². The van der Waals surface area contributed by atoms with Crippen LogP contribution in [0.2, 0.25) is 0 Å². The number of hydrogen-bond acceptors (Lipinski definition) is 5. The van der Waals surface area contributed by atoms with Gasteiger partial charge in [-0.2, -0.15) is 0 Å². The van der Waals surface area contributed by atoms with Gasteiger partial charge in [-0.25, -0.2) is 4.79 Å². The first kappa shape index (κ1) is 22.3. The highest BCUT2D eigenvalue weighted by atomic mass is 28.4. The molecular formula is C17H34O5Si. The lowest BCUT2D eigenvalue weighted by Crippen LogP contribution is -2.53. The van der Waals surface area contributed by atoms with Crippen LogP contribution in [0.4, 0.5) is 0 Å². The molecule has 0 aromatic carbocycles. The second-order valence-corrected chi connectivity index (χ2v) is 7.48. The molecule has 136 valence electrons. The molecule has 0 saturated carbocycles. The van der Waals surface area contributed by atoms with Crippen LogP contribution in [0.25, 0.3) is 0 Å². The lowest BCUT2D eigenvalue weighted by atomic mass is 10.2. The zero-order valence-corrected chi connectivity index (χ0v) is 16.3. The zero-order valence-electron chi connectivity index (χ0n) is 15.3. The van der Waals surface area contributed by atoms with Crippen LogP contribution in [-0.2, 0) is 22.5 Å². The van der Waals surface area contributed by atoms with Crippen LogP contribution in [0.1, 0.15) is 72.6 Å². The maximum absolute atomic E-state index is 11.8. The van der Waals surface area contributed by atoms with E-state index in [0.29, 0.717) is 13.2 Å². The standard InChI is InChI=1S/C17H34O5Si/c1-6-11-14-19-23(20-15-12-7-2,22-17(18)10-5)21-16(9-4)13-8-3/h10,16H,5-9,11-15H2,1-4H3. The van der Waals surface area contributed by atoms with Crippen LogP contribution in [0.5, 0.6) is 0 Å². The third-order valence-corrected chi connectivity index (χ3v) is 5.51. The topological polar surface area (TPSA) is 54.0 Å². The van der Waals surface area contributed by atoms with Crippen molar-refractivity contribution in [3.8, 4) is 0 Å². The maximum atomic E-state index is 11.8.